The van der Waals surface area contributed by atoms with E-state index in [1.807, 2.05) is 4.57 Å². The summed E-state index contributed by atoms with van der Waals surface area (Å²) in [6.07, 6.45) is 3.17. The Morgan fingerprint density at radius 3 is 2.58 bits per heavy atom. The van der Waals surface area contributed by atoms with E-state index >= 15 is 0 Å². The van der Waals surface area contributed by atoms with Crippen molar-refractivity contribution in [3.8, 4) is 5.69 Å². The molecule has 3 rings (SSSR count). The van der Waals surface area contributed by atoms with E-state index < -0.39 is 0 Å². The standard InChI is InChI=1S/C13H8Cl2FN3/c14-5-12-18-11-7-17-6-10(15)13(11)19(12)9-3-1-8(16)2-4-9/h1-4,6-7H,5H2. The quantitative estimate of drug-likeness (QED) is 0.670. The van der Waals surface area contributed by atoms with Crippen molar-refractivity contribution in [1.29, 1.82) is 0 Å². The van der Waals surface area contributed by atoms with Gasteiger partial charge in [0.15, 0.2) is 0 Å². The minimum Gasteiger partial charge on any atom is -0.294 e. The molecule has 6 heteroatoms. The average Bonchev–Trinajstić information content (AvgIpc) is 2.80. The van der Waals surface area contributed by atoms with Gasteiger partial charge in [0.1, 0.15) is 17.2 Å². The fraction of sp³-hybridized carbons (Fsp3) is 0.0769. The van der Waals surface area contributed by atoms with Gasteiger partial charge in [-0.3, -0.25) is 9.55 Å². The van der Waals surface area contributed by atoms with E-state index in [4.69, 9.17) is 23.2 Å². The molecular weight excluding hydrogens is 288 g/mol. The average molecular weight is 296 g/mol. The topological polar surface area (TPSA) is 30.7 Å². The van der Waals surface area contributed by atoms with Gasteiger partial charge in [-0.25, -0.2) is 9.37 Å². The Bertz CT molecular complexity index is 737. The number of aromatic nitrogens is 3. The Hall–Kier alpha value is -1.65. The van der Waals surface area contributed by atoms with Gasteiger partial charge in [-0.2, -0.15) is 0 Å². The Kier molecular flexibility index (Phi) is 3.12. The second-order valence-electron chi connectivity index (χ2n) is 3.96. The lowest BCUT2D eigenvalue weighted by molar-refractivity contribution is 0.627. The molecule has 2 aromatic heterocycles. The van der Waals surface area contributed by atoms with Crippen LogP contribution in [0.5, 0.6) is 0 Å². The highest BCUT2D eigenvalue weighted by atomic mass is 35.5. The first kappa shape index (κ1) is 12.4. The molecule has 1 aromatic carbocycles. The molecule has 2 heterocycles. The monoisotopic (exact) mass is 295 g/mol. The molecule has 0 bridgehead atoms. The van der Waals surface area contributed by atoms with E-state index in [1.54, 1.807) is 24.5 Å². The fourth-order valence-corrected chi connectivity index (χ4v) is 2.41. The molecule has 3 aromatic rings. The van der Waals surface area contributed by atoms with Gasteiger partial charge in [-0.05, 0) is 24.3 Å². The number of hydrogen-bond donors (Lipinski definition) is 0. The molecule has 0 spiro atoms. The third-order valence-electron chi connectivity index (χ3n) is 2.79. The summed E-state index contributed by atoms with van der Waals surface area (Å²) < 4.78 is 14.8. The molecule has 19 heavy (non-hydrogen) atoms. The van der Waals surface area contributed by atoms with Gasteiger partial charge in [-0.15, -0.1) is 11.6 Å². The van der Waals surface area contributed by atoms with E-state index in [0.717, 1.165) is 11.2 Å². The van der Waals surface area contributed by atoms with Crippen molar-refractivity contribution in [2.24, 2.45) is 0 Å². The first-order chi connectivity index (χ1) is 9.20. The van der Waals surface area contributed by atoms with Gasteiger partial charge in [0.25, 0.3) is 0 Å². The smallest absolute Gasteiger partial charge is 0.129 e. The van der Waals surface area contributed by atoms with Crippen molar-refractivity contribution in [2.45, 2.75) is 5.88 Å². The van der Waals surface area contributed by atoms with Gasteiger partial charge in [0.2, 0.25) is 0 Å². The molecule has 0 unspecified atom stereocenters. The maximum Gasteiger partial charge on any atom is 0.129 e. The minimum absolute atomic E-state index is 0.225. The van der Waals surface area contributed by atoms with Gasteiger partial charge < -0.3 is 0 Å². The number of rotatable bonds is 2. The first-order valence-electron chi connectivity index (χ1n) is 5.53. The lowest BCUT2D eigenvalue weighted by Gasteiger charge is -2.08. The lowest BCUT2D eigenvalue weighted by atomic mass is 10.3. The Morgan fingerprint density at radius 2 is 1.89 bits per heavy atom. The third-order valence-corrected chi connectivity index (χ3v) is 3.30. The molecule has 0 aliphatic carbocycles. The second-order valence-corrected chi connectivity index (χ2v) is 4.64. The number of alkyl halides is 1. The molecule has 96 valence electrons. The summed E-state index contributed by atoms with van der Waals surface area (Å²) in [4.78, 5) is 8.38. The van der Waals surface area contributed by atoms with E-state index in [-0.39, 0.29) is 11.7 Å². The Labute approximate surface area is 118 Å². The number of fused-ring (bicyclic) bond motifs is 1. The largest absolute Gasteiger partial charge is 0.294 e. The first-order valence-corrected chi connectivity index (χ1v) is 6.44. The summed E-state index contributed by atoms with van der Waals surface area (Å²) >= 11 is 12.1. The normalized spacial score (nSPS) is 11.1. The van der Waals surface area contributed by atoms with Crippen molar-refractivity contribution < 1.29 is 4.39 Å². The summed E-state index contributed by atoms with van der Waals surface area (Å²) in [6, 6.07) is 6.08. The van der Waals surface area contributed by atoms with E-state index in [9.17, 15) is 4.39 Å². The van der Waals surface area contributed by atoms with E-state index in [2.05, 4.69) is 9.97 Å². The highest BCUT2D eigenvalue weighted by molar-refractivity contribution is 6.34. The van der Waals surface area contributed by atoms with Crippen molar-refractivity contribution in [2.75, 3.05) is 0 Å². The van der Waals surface area contributed by atoms with E-state index in [1.165, 1.54) is 12.1 Å². The number of nitrogens with zero attached hydrogens (tertiary/aromatic N) is 3. The van der Waals surface area contributed by atoms with Crippen LogP contribution >= 0.6 is 23.2 Å². The third kappa shape index (κ3) is 2.07. The molecule has 0 aliphatic heterocycles. The Morgan fingerprint density at radius 1 is 1.16 bits per heavy atom. The second kappa shape index (κ2) is 4.79. The summed E-state index contributed by atoms with van der Waals surface area (Å²) in [5.74, 6) is 0.564. The molecule has 0 atom stereocenters. The molecule has 0 fully saturated rings. The van der Waals surface area contributed by atoms with Gasteiger partial charge >= 0.3 is 0 Å². The van der Waals surface area contributed by atoms with Gasteiger partial charge in [0, 0.05) is 11.9 Å². The number of halogens is 3. The van der Waals surface area contributed by atoms with Crippen molar-refractivity contribution in [3.63, 3.8) is 0 Å². The minimum atomic E-state index is -0.298. The lowest BCUT2D eigenvalue weighted by Crippen LogP contribution is -1.99. The zero-order chi connectivity index (χ0) is 13.4. The van der Waals surface area contributed by atoms with Crippen molar-refractivity contribution in [3.05, 3.63) is 53.3 Å². The number of imidazole rings is 1. The van der Waals surface area contributed by atoms with Crippen molar-refractivity contribution in [1.82, 2.24) is 14.5 Å². The van der Waals surface area contributed by atoms with Crippen LogP contribution in [0.15, 0.2) is 36.7 Å². The molecule has 0 radical (unpaired) electrons. The maximum atomic E-state index is 13.0. The van der Waals surface area contributed by atoms with Crippen molar-refractivity contribution >= 4 is 34.2 Å². The van der Waals surface area contributed by atoms with Crippen LogP contribution in [0.1, 0.15) is 5.82 Å². The Balaban J connectivity index is 2.35. The highest BCUT2D eigenvalue weighted by Crippen LogP contribution is 2.27. The molecular formula is C13H8Cl2FN3. The number of benzene rings is 1. The van der Waals surface area contributed by atoms with Crippen LogP contribution < -0.4 is 0 Å². The fourth-order valence-electron chi connectivity index (χ4n) is 2.00. The molecule has 0 saturated heterocycles. The molecule has 3 nitrogen and oxygen atoms in total. The van der Waals surface area contributed by atoms with Crippen LogP contribution in [0.25, 0.3) is 16.7 Å². The zero-order valence-corrected chi connectivity index (χ0v) is 11.2. The molecule has 0 N–H and O–H groups in total. The number of pyridine rings is 1. The zero-order valence-electron chi connectivity index (χ0n) is 9.65. The summed E-state index contributed by atoms with van der Waals surface area (Å²) in [7, 11) is 0. The van der Waals surface area contributed by atoms with Crippen LogP contribution in [0, 0.1) is 5.82 Å². The van der Waals surface area contributed by atoms with Gasteiger partial charge in [0.05, 0.1) is 22.6 Å². The SMILES string of the molecule is Fc1ccc(-n2c(CCl)nc3cncc(Cl)c32)cc1. The highest BCUT2D eigenvalue weighted by Gasteiger charge is 2.14. The van der Waals surface area contributed by atoms with Crippen LogP contribution in [0.2, 0.25) is 5.02 Å². The van der Waals surface area contributed by atoms with Crippen LogP contribution in [-0.2, 0) is 5.88 Å². The summed E-state index contributed by atoms with van der Waals surface area (Å²) in [6.45, 7) is 0. The molecule has 0 aliphatic rings. The summed E-state index contributed by atoms with van der Waals surface area (Å²) in [5, 5.41) is 0.477. The molecule has 0 saturated carbocycles. The van der Waals surface area contributed by atoms with Crippen LogP contribution in [0.3, 0.4) is 0 Å². The van der Waals surface area contributed by atoms with Gasteiger partial charge in [-0.1, -0.05) is 11.6 Å². The van der Waals surface area contributed by atoms with Crippen LogP contribution in [0.4, 0.5) is 4.39 Å². The summed E-state index contributed by atoms with van der Waals surface area (Å²) in [5.41, 5.74) is 2.14. The predicted octanol–water partition coefficient (Wildman–Crippen LogP) is 3.95. The molecule has 0 amide bonds. The van der Waals surface area contributed by atoms with E-state index in [0.29, 0.717) is 16.4 Å². The number of hydrogen-bond acceptors (Lipinski definition) is 2. The maximum absolute atomic E-state index is 13.0. The predicted molar refractivity (Wildman–Crippen MR) is 73.4 cm³/mol. The van der Waals surface area contributed by atoms with Crippen LogP contribution in [-0.4, -0.2) is 14.5 Å².